The molecule has 122 valence electrons. The zero-order valence-corrected chi connectivity index (χ0v) is 14.6. The maximum absolute atomic E-state index is 12.0. The van der Waals surface area contributed by atoms with E-state index >= 15 is 0 Å². The van der Waals surface area contributed by atoms with E-state index in [4.69, 9.17) is 9.47 Å². The number of hydrogen-bond acceptors (Lipinski definition) is 4. The van der Waals surface area contributed by atoms with Crippen LogP contribution in [-0.2, 0) is 4.79 Å². The maximum atomic E-state index is 12.0. The van der Waals surface area contributed by atoms with Crippen LogP contribution in [0.2, 0.25) is 0 Å². The molecule has 0 fully saturated rings. The number of carbonyl (C=O) groups excluding carboxylic acids is 1. The Labute approximate surface area is 144 Å². The Balaban J connectivity index is 1.87. The molecule has 0 radical (unpaired) electrons. The minimum Gasteiger partial charge on any atom is -0.497 e. The fourth-order valence-electron chi connectivity index (χ4n) is 2.03. The zero-order valence-electron chi connectivity index (χ0n) is 13.1. The van der Waals surface area contributed by atoms with E-state index in [1.54, 1.807) is 20.3 Å². The summed E-state index contributed by atoms with van der Waals surface area (Å²) in [6, 6.07) is 13.0. The van der Waals surface area contributed by atoms with Gasteiger partial charge < -0.3 is 20.1 Å². The second kappa shape index (κ2) is 8.43. The first-order valence-electron chi connectivity index (χ1n) is 7.14. The topological polar surface area (TPSA) is 59.6 Å². The van der Waals surface area contributed by atoms with Crippen molar-refractivity contribution >= 4 is 33.2 Å². The quantitative estimate of drug-likeness (QED) is 0.766. The molecule has 0 bridgehead atoms. The predicted molar refractivity (Wildman–Crippen MR) is 95.4 cm³/mol. The molecule has 0 aromatic heterocycles. The monoisotopic (exact) mass is 378 g/mol. The van der Waals surface area contributed by atoms with Crippen molar-refractivity contribution < 1.29 is 14.3 Å². The first-order valence-corrected chi connectivity index (χ1v) is 7.93. The van der Waals surface area contributed by atoms with E-state index < -0.39 is 0 Å². The van der Waals surface area contributed by atoms with Gasteiger partial charge in [0.15, 0.2) is 0 Å². The average molecular weight is 379 g/mol. The summed E-state index contributed by atoms with van der Waals surface area (Å²) in [7, 11) is 3.20. The molecule has 0 aliphatic carbocycles. The van der Waals surface area contributed by atoms with E-state index in [2.05, 4.69) is 26.6 Å². The van der Waals surface area contributed by atoms with Crippen molar-refractivity contribution in [3.63, 3.8) is 0 Å². The van der Waals surface area contributed by atoms with E-state index in [9.17, 15) is 4.79 Å². The predicted octanol–water partition coefficient (Wildman–Crippen LogP) is 3.91. The van der Waals surface area contributed by atoms with Gasteiger partial charge in [-0.1, -0.05) is 12.1 Å². The molecular weight excluding hydrogens is 360 g/mol. The Morgan fingerprint density at radius 2 is 1.87 bits per heavy atom. The number of amides is 1. The lowest BCUT2D eigenvalue weighted by atomic mass is 10.2. The van der Waals surface area contributed by atoms with Crippen molar-refractivity contribution in [2.45, 2.75) is 6.42 Å². The molecule has 2 N–H and O–H groups in total. The molecule has 6 heteroatoms. The van der Waals surface area contributed by atoms with Crippen molar-refractivity contribution in [1.82, 2.24) is 0 Å². The fraction of sp³-hybridized carbons (Fsp3) is 0.235. The summed E-state index contributed by atoms with van der Waals surface area (Å²) < 4.78 is 11.3. The minimum absolute atomic E-state index is 0.0584. The molecule has 5 nitrogen and oxygen atoms in total. The Morgan fingerprint density at radius 1 is 1.09 bits per heavy atom. The second-order valence-corrected chi connectivity index (χ2v) is 5.63. The standard InChI is InChI=1S/C17H19BrN2O3/c1-22-12-7-8-15(16(11-12)23-2)19-10-9-17(21)20-14-6-4-3-5-13(14)18/h3-8,11,19H,9-10H2,1-2H3,(H,20,21). The summed E-state index contributed by atoms with van der Waals surface area (Å²) in [6.07, 6.45) is 0.344. The van der Waals surface area contributed by atoms with Crippen LogP contribution in [0.1, 0.15) is 6.42 Å². The Morgan fingerprint density at radius 3 is 2.57 bits per heavy atom. The lowest BCUT2D eigenvalue weighted by molar-refractivity contribution is -0.115. The zero-order chi connectivity index (χ0) is 16.7. The minimum atomic E-state index is -0.0584. The van der Waals surface area contributed by atoms with Gasteiger partial charge in [-0.15, -0.1) is 0 Å². The third-order valence-electron chi connectivity index (χ3n) is 3.22. The number of rotatable bonds is 7. The van der Waals surface area contributed by atoms with Crippen LogP contribution in [0, 0.1) is 0 Å². The molecule has 2 aromatic carbocycles. The Bertz CT molecular complexity index is 677. The number of methoxy groups -OCH3 is 2. The Kier molecular flexibility index (Phi) is 6.29. The van der Waals surface area contributed by atoms with E-state index in [0.717, 1.165) is 21.6 Å². The molecular formula is C17H19BrN2O3. The number of ether oxygens (including phenoxy) is 2. The molecule has 2 rings (SSSR count). The number of halogens is 1. The molecule has 0 saturated heterocycles. The van der Waals surface area contributed by atoms with Gasteiger partial charge >= 0.3 is 0 Å². The molecule has 0 unspecified atom stereocenters. The molecule has 1 amide bonds. The van der Waals surface area contributed by atoms with Crippen molar-refractivity contribution in [3.05, 3.63) is 46.9 Å². The molecule has 0 atom stereocenters. The molecule has 23 heavy (non-hydrogen) atoms. The summed E-state index contributed by atoms with van der Waals surface area (Å²) in [5.41, 5.74) is 1.58. The number of carbonyl (C=O) groups is 1. The van der Waals surface area contributed by atoms with Crippen LogP contribution in [-0.4, -0.2) is 26.7 Å². The largest absolute Gasteiger partial charge is 0.497 e. The number of hydrogen-bond donors (Lipinski definition) is 2. The molecule has 2 aromatic rings. The van der Waals surface area contributed by atoms with Crippen molar-refractivity contribution in [1.29, 1.82) is 0 Å². The second-order valence-electron chi connectivity index (χ2n) is 4.77. The summed E-state index contributed by atoms with van der Waals surface area (Å²) >= 11 is 3.40. The van der Waals surface area contributed by atoms with Gasteiger partial charge in [-0.3, -0.25) is 4.79 Å². The molecule has 0 aliphatic rings. The summed E-state index contributed by atoms with van der Waals surface area (Å²) in [5, 5.41) is 6.06. The van der Waals surface area contributed by atoms with Gasteiger partial charge in [-0.05, 0) is 40.2 Å². The number of para-hydroxylation sites is 1. The van der Waals surface area contributed by atoms with E-state index in [0.29, 0.717) is 18.7 Å². The molecule has 0 saturated carbocycles. The molecule has 0 heterocycles. The van der Waals surface area contributed by atoms with Crippen LogP contribution in [0.25, 0.3) is 0 Å². The summed E-state index contributed by atoms with van der Waals surface area (Å²) in [5.74, 6) is 1.34. The van der Waals surface area contributed by atoms with Crippen LogP contribution < -0.4 is 20.1 Å². The van der Waals surface area contributed by atoms with E-state index in [1.807, 2.05) is 36.4 Å². The van der Waals surface area contributed by atoms with Gasteiger partial charge in [0.25, 0.3) is 0 Å². The van der Waals surface area contributed by atoms with E-state index in [1.165, 1.54) is 0 Å². The summed E-state index contributed by atoms with van der Waals surface area (Å²) in [6.45, 7) is 0.499. The normalized spacial score (nSPS) is 10.0. The highest BCUT2D eigenvalue weighted by Crippen LogP contribution is 2.29. The highest BCUT2D eigenvalue weighted by molar-refractivity contribution is 9.10. The van der Waals surface area contributed by atoms with Crippen LogP contribution in [0.3, 0.4) is 0 Å². The van der Waals surface area contributed by atoms with Gasteiger partial charge in [-0.2, -0.15) is 0 Å². The van der Waals surface area contributed by atoms with Gasteiger partial charge in [0.05, 0.1) is 25.6 Å². The average Bonchev–Trinajstić information content (AvgIpc) is 2.57. The third-order valence-corrected chi connectivity index (χ3v) is 3.92. The van der Waals surface area contributed by atoms with Crippen molar-refractivity contribution in [2.24, 2.45) is 0 Å². The van der Waals surface area contributed by atoms with Gasteiger partial charge in [0, 0.05) is 23.5 Å². The van der Waals surface area contributed by atoms with Gasteiger partial charge in [0.1, 0.15) is 11.5 Å². The number of nitrogens with one attached hydrogen (secondary N) is 2. The van der Waals surface area contributed by atoms with Crippen LogP contribution in [0.5, 0.6) is 11.5 Å². The number of benzene rings is 2. The fourth-order valence-corrected chi connectivity index (χ4v) is 2.41. The van der Waals surface area contributed by atoms with Gasteiger partial charge in [-0.25, -0.2) is 0 Å². The van der Waals surface area contributed by atoms with Crippen molar-refractivity contribution in [3.8, 4) is 11.5 Å². The van der Waals surface area contributed by atoms with Crippen LogP contribution >= 0.6 is 15.9 Å². The first kappa shape index (κ1) is 17.1. The van der Waals surface area contributed by atoms with Crippen molar-refractivity contribution in [2.75, 3.05) is 31.4 Å². The maximum Gasteiger partial charge on any atom is 0.226 e. The Hall–Kier alpha value is -2.21. The van der Waals surface area contributed by atoms with Crippen LogP contribution in [0.15, 0.2) is 46.9 Å². The summed E-state index contributed by atoms with van der Waals surface area (Å²) in [4.78, 5) is 12.0. The molecule has 0 spiro atoms. The van der Waals surface area contributed by atoms with Gasteiger partial charge in [0.2, 0.25) is 5.91 Å². The highest BCUT2D eigenvalue weighted by Gasteiger charge is 2.07. The smallest absolute Gasteiger partial charge is 0.226 e. The van der Waals surface area contributed by atoms with Crippen LogP contribution in [0.4, 0.5) is 11.4 Å². The SMILES string of the molecule is COc1ccc(NCCC(=O)Nc2ccccc2Br)c(OC)c1. The first-order chi connectivity index (χ1) is 11.1. The lowest BCUT2D eigenvalue weighted by Crippen LogP contribution is -2.16. The van der Waals surface area contributed by atoms with E-state index in [-0.39, 0.29) is 5.91 Å². The lowest BCUT2D eigenvalue weighted by Gasteiger charge is -2.12. The third kappa shape index (κ3) is 4.89. The molecule has 0 aliphatic heterocycles. The number of anilines is 2. The highest BCUT2D eigenvalue weighted by atomic mass is 79.9.